The van der Waals surface area contributed by atoms with Crippen LogP contribution >= 0.6 is 0 Å². The van der Waals surface area contributed by atoms with E-state index in [9.17, 15) is 9.59 Å². The minimum Gasteiger partial charge on any atom is -0.481 e. The van der Waals surface area contributed by atoms with E-state index in [2.05, 4.69) is 9.97 Å². The molecular weight excluding hydrogens is 408 g/mol. The van der Waals surface area contributed by atoms with Crippen LogP contribution in [-0.4, -0.2) is 71.5 Å². The molecule has 0 aliphatic carbocycles. The number of pyridine rings is 2. The molecule has 2 fully saturated rings. The predicted octanol–water partition coefficient (Wildman–Crippen LogP) is 2.57. The van der Waals surface area contributed by atoms with E-state index in [1.165, 1.54) is 0 Å². The first-order valence-electron chi connectivity index (χ1n) is 11.1. The largest absolute Gasteiger partial charge is 0.481 e. The van der Waals surface area contributed by atoms with Crippen molar-refractivity contribution < 1.29 is 19.1 Å². The van der Waals surface area contributed by atoms with Crippen LogP contribution < -0.4 is 9.47 Å². The normalized spacial score (nSPS) is 19.3. The minimum absolute atomic E-state index is 0.00202. The maximum Gasteiger partial charge on any atom is 0.255 e. The van der Waals surface area contributed by atoms with Crippen LogP contribution in [-0.2, 0) is 4.79 Å². The lowest BCUT2D eigenvalue weighted by Gasteiger charge is -2.34. The zero-order chi connectivity index (χ0) is 22.5. The third kappa shape index (κ3) is 5.36. The Balaban J connectivity index is 1.22. The second kappa shape index (κ2) is 9.97. The van der Waals surface area contributed by atoms with Crippen molar-refractivity contribution in [2.24, 2.45) is 11.8 Å². The SMILES string of the molecule is COc1ccc(C(=O)N2CCC(CN3CC(COc4cc(C)ccn4)CC3=O)CC2)cn1. The molecule has 1 atom stereocenters. The van der Waals surface area contributed by atoms with Crippen LogP contribution in [0.2, 0.25) is 0 Å². The quantitative estimate of drug-likeness (QED) is 0.661. The standard InChI is InChI=1S/C24H30N4O4/c1-17-5-8-25-22(11-17)32-16-19-12-23(29)28(15-19)14-18-6-9-27(10-7-18)24(30)20-3-4-21(31-2)26-13-20/h3-5,8,11,13,18-19H,6-7,9-10,12,14-16H2,1-2H3. The third-order valence-electron chi connectivity index (χ3n) is 6.22. The number of nitrogens with zero attached hydrogens (tertiary/aromatic N) is 4. The molecule has 0 bridgehead atoms. The first-order valence-corrected chi connectivity index (χ1v) is 11.1. The molecule has 4 rings (SSSR count). The van der Waals surface area contributed by atoms with Crippen LogP contribution in [0.1, 0.15) is 35.2 Å². The number of likely N-dealkylation sites (tertiary alicyclic amines) is 2. The van der Waals surface area contributed by atoms with Crippen LogP contribution in [0.3, 0.4) is 0 Å². The fraction of sp³-hybridized carbons (Fsp3) is 0.500. The number of carbonyl (C=O) groups excluding carboxylic acids is 2. The molecule has 0 saturated carbocycles. The Morgan fingerprint density at radius 3 is 2.62 bits per heavy atom. The van der Waals surface area contributed by atoms with Gasteiger partial charge in [0, 0.05) is 63.0 Å². The number of hydrogen-bond acceptors (Lipinski definition) is 6. The number of methoxy groups -OCH3 is 1. The highest BCUT2D eigenvalue weighted by Crippen LogP contribution is 2.25. The maximum absolute atomic E-state index is 12.7. The van der Waals surface area contributed by atoms with Crippen molar-refractivity contribution in [3.05, 3.63) is 47.8 Å². The minimum atomic E-state index is -0.00202. The van der Waals surface area contributed by atoms with Crippen LogP contribution in [0.5, 0.6) is 11.8 Å². The molecule has 8 heteroatoms. The Morgan fingerprint density at radius 1 is 1.12 bits per heavy atom. The summed E-state index contributed by atoms with van der Waals surface area (Å²) in [6.07, 6.45) is 5.61. The Hall–Kier alpha value is -3.16. The van der Waals surface area contributed by atoms with E-state index in [1.807, 2.05) is 28.9 Å². The van der Waals surface area contributed by atoms with Gasteiger partial charge in [0.05, 0.1) is 19.3 Å². The summed E-state index contributed by atoms with van der Waals surface area (Å²) in [5.74, 6) is 1.90. The van der Waals surface area contributed by atoms with Gasteiger partial charge in [-0.05, 0) is 43.4 Å². The molecule has 0 radical (unpaired) electrons. The van der Waals surface area contributed by atoms with Gasteiger partial charge in [0.1, 0.15) is 0 Å². The highest BCUT2D eigenvalue weighted by molar-refractivity contribution is 5.94. The number of rotatable bonds is 7. The number of aryl methyl sites for hydroxylation is 1. The number of hydrogen-bond donors (Lipinski definition) is 0. The molecule has 2 aliphatic rings. The van der Waals surface area contributed by atoms with Crippen LogP contribution in [0.15, 0.2) is 36.7 Å². The lowest BCUT2D eigenvalue weighted by atomic mass is 9.96. The van der Waals surface area contributed by atoms with Crippen molar-refractivity contribution in [3.8, 4) is 11.8 Å². The van der Waals surface area contributed by atoms with Crippen molar-refractivity contribution >= 4 is 11.8 Å². The lowest BCUT2D eigenvalue weighted by Crippen LogP contribution is -2.42. The zero-order valence-corrected chi connectivity index (χ0v) is 18.7. The van der Waals surface area contributed by atoms with Gasteiger partial charge in [-0.3, -0.25) is 9.59 Å². The van der Waals surface area contributed by atoms with Crippen molar-refractivity contribution in [1.29, 1.82) is 0 Å². The van der Waals surface area contributed by atoms with Gasteiger partial charge in [0.25, 0.3) is 5.91 Å². The van der Waals surface area contributed by atoms with Gasteiger partial charge in [0.15, 0.2) is 0 Å². The van der Waals surface area contributed by atoms with Gasteiger partial charge >= 0.3 is 0 Å². The van der Waals surface area contributed by atoms with Crippen LogP contribution in [0, 0.1) is 18.8 Å². The number of carbonyl (C=O) groups is 2. The number of ether oxygens (including phenoxy) is 2. The topological polar surface area (TPSA) is 84.9 Å². The molecule has 0 aromatic carbocycles. The monoisotopic (exact) mass is 438 g/mol. The predicted molar refractivity (Wildman–Crippen MR) is 119 cm³/mol. The Morgan fingerprint density at radius 2 is 1.94 bits per heavy atom. The summed E-state index contributed by atoms with van der Waals surface area (Å²) in [5.41, 5.74) is 1.68. The molecular formula is C24H30N4O4. The average Bonchev–Trinajstić information content (AvgIpc) is 3.17. The van der Waals surface area contributed by atoms with E-state index in [4.69, 9.17) is 9.47 Å². The summed E-state index contributed by atoms with van der Waals surface area (Å²) >= 11 is 0. The maximum atomic E-state index is 12.7. The lowest BCUT2D eigenvalue weighted by molar-refractivity contribution is -0.128. The Labute approximate surface area is 188 Å². The molecule has 0 spiro atoms. The first kappa shape index (κ1) is 22.0. The molecule has 2 aromatic rings. The van der Waals surface area contributed by atoms with E-state index in [0.717, 1.165) is 31.5 Å². The molecule has 2 saturated heterocycles. The van der Waals surface area contributed by atoms with E-state index < -0.39 is 0 Å². The highest BCUT2D eigenvalue weighted by atomic mass is 16.5. The summed E-state index contributed by atoms with van der Waals surface area (Å²) in [6.45, 7) is 5.38. The van der Waals surface area contributed by atoms with Gasteiger partial charge in [-0.2, -0.15) is 0 Å². The molecule has 4 heterocycles. The molecule has 32 heavy (non-hydrogen) atoms. The molecule has 8 nitrogen and oxygen atoms in total. The van der Waals surface area contributed by atoms with Gasteiger partial charge in [-0.25, -0.2) is 9.97 Å². The van der Waals surface area contributed by atoms with Gasteiger partial charge in [-0.15, -0.1) is 0 Å². The van der Waals surface area contributed by atoms with Gasteiger partial charge in [0.2, 0.25) is 17.7 Å². The summed E-state index contributed by atoms with van der Waals surface area (Å²) in [4.78, 5) is 37.4. The second-order valence-electron chi connectivity index (χ2n) is 8.68. The van der Waals surface area contributed by atoms with Gasteiger partial charge < -0.3 is 19.3 Å². The van der Waals surface area contributed by atoms with Crippen molar-refractivity contribution in [3.63, 3.8) is 0 Å². The van der Waals surface area contributed by atoms with Crippen molar-refractivity contribution in [2.75, 3.05) is 39.9 Å². The summed E-state index contributed by atoms with van der Waals surface area (Å²) in [5, 5.41) is 0. The Kier molecular flexibility index (Phi) is 6.87. The fourth-order valence-electron chi connectivity index (χ4n) is 4.37. The second-order valence-corrected chi connectivity index (χ2v) is 8.68. The number of piperidine rings is 1. The van der Waals surface area contributed by atoms with E-state index in [1.54, 1.807) is 31.6 Å². The zero-order valence-electron chi connectivity index (χ0n) is 18.7. The Bertz CT molecular complexity index is 941. The molecule has 2 amide bonds. The van der Waals surface area contributed by atoms with Crippen molar-refractivity contribution in [2.45, 2.75) is 26.2 Å². The summed E-state index contributed by atoms with van der Waals surface area (Å²) in [7, 11) is 1.55. The van der Waals surface area contributed by atoms with E-state index in [-0.39, 0.29) is 17.7 Å². The number of amides is 2. The van der Waals surface area contributed by atoms with Crippen LogP contribution in [0.4, 0.5) is 0 Å². The smallest absolute Gasteiger partial charge is 0.255 e. The van der Waals surface area contributed by atoms with Crippen LogP contribution in [0.25, 0.3) is 0 Å². The molecule has 0 N–H and O–H groups in total. The van der Waals surface area contributed by atoms with Gasteiger partial charge in [-0.1, -0.05) is 0 Å². The first-order chi connectivity index (χ1) is 15.5. The molecule has 2 aliphatic heterocycles. The molecule has 170 valence electrons. The molecule has 1 unspecified atom stereocenters. The average molecular weight is 439 g/mol. The third-order valence-corrected chi connectivity index (χ3v) is 6.22. The fourth-order valence-corrected chi connectivity index (χ4v) is 4.37. The van der Waals surface area contributed by atoms with E-state index in [0.29, 0.717) is 49.4 Å². The molecule has 2 aromatic heterocycles. The van der Waals surface area contributed by atoms with E-state index >= 15 is 0 Å². The summed E-state index contributed by atoms with van der Waals surface area (Å²) < 4.78 is 10.9. The summed E-state index contributed by atoms with van der Waals surface area (Å²) in [6, 6.07) is 7.29. The number of aromatic nitrogens is 2. The highest BCUT2D eigenvalue weighted by Gasteiger charge is 2.33. The van der Waals surface area contributed by atoms with Crippen molar-refractivity contribution in [1.82, 2.24) is 19.8 Å².